The molecule has 0 spiro atoms. The van der Waals surface area contributed by atoms with E-state index in [0.29, 0.717) is 0 Å². The Morgan fingerprint density at radius 2 is 1.17 bits per heavy atom. The first kappa shape index (κ1) is 16.2. The van der Waals surface area contributed by atoms with Crippen LogP contribution in [-0.4, -0.2) is 30.9 Å². The number of nitrogens with one attached hydrogen (secondary N) is 2. The number of nitrogens with two attached hydrogens (primary N) is 2. The van der Waals surface area contributed by atoms with Crippen molar-refractivity contribution in [3.05, 3.63) is 0 Å². The number of hydrogen-bond acceptors (Lipinski definition) is 3. The molecule has 0 atom stereocenters. The largest absolute Gasteiger partial charge is 0.356 e. The Morgan fingerprint density at radius 1 is 0.833 bits per heavy atom. The highest BCUT2D eigenvalue weighted by Gasteiger charge is 2.04. The topological polar surface area (TPSA) is 127 Å². The van der Waals surface area contributed by atoms with Crippen molar-refractivity contribution in [2.45, 2.75) is 38.5 Å². The van der Waals surface area contributed by atoms with Crippen LogP contribution in [0.2, 0.25) is 0 Å². The smallest absolute Gasteiger partial charge is 0.309 e. The van der Waals surface area contributed by atoms with Gasteiger partial charge in [0.1, 0.15) is 0 Å². The van der Waals surface area contributed by atoms with Crippen LogP contribution in [-0.2, 0) is 9.59 Å². The number of primary amides is 2. The molecular formula is C11H22N4O3. The van der Waals surface area contributed by atoms with E-state index >= 15 is 0 Å². The van der Waals surface area contributed by atoms with Gasteiger partial charge in [-0.15, -0.1) is 0 Å². The van der Waals surface area contributed by atoms with Crippen LogP contribution in [0.1, 0.15) is 38.5 Å². The van der Waals surface area contributed by atoms with Crippen molar-refractivity contribution in [1.29, 1.82) is 0 Å². The summed E-state index contributed by atoms with van der Waals surface area (Å²) in [4.78, 5) is 29.7. The van der Waals surface area contributed by atoms with Gasteiger partial charge in [0.25, 0.3) is 0 Å². The second kappa shape index (κ2) is 10.4. The molecule has 2 aliphatic heterocycles. The number of hydrogen-bond donors (Lipinski definition) is 4. The van der Waals surface area contributed by atoms with E-state index in [-0.39, 0.29) is 11.8 Å². The van der Waals surface area contributed by atoms with Gasteiger partial charge in [-0.05, 0) is 25.7 Å². The molecule has 0 aromatic heterocycles. The van der Waals surface area contributed by atoms with Gasteiger partial charge in [-0.3, -0.25) is 9.59 Å². The second-order valence-electron chi connectivity index (χ2n) is 4.02. The monoisotopic (exact) mass is 258 g/mol. The van der Waals surface area contributed by atoms with Gasteiger partial charge < -0.3 is 22.1 Å². The lowest BCUT2D eigenvalue weighted by Crippen LogP contribution is -2.28. The summed E-state index contributed by atoms with van der Waals surface area (Å²) in [5.41, 5.74) is 8.50. The zero-order chi connectivity index (χ0) is 13.8. The van der Waals surface area contributed by atoms with Crippen molar-refractivity contribution in [3.63, 3.8) is 0 Å². The highest BCUT2D eigenvalue weighted by molar-refractivity contribution is 5.76. The summed E-state index contributed by atoms with van der Waals surface area (Å²) in [6.45, 7) is 1.78. The number of amides is 4. The first-order chi connectivity index (χ1) is 8.52. The van der Waals surface area contributed by atoms with Gasteiger partial charge >= 0.3 is 6.03 Å². The van der Waals surface area contributed by atoms with E-state index in [4.69, 9.17) is 4.79 Å². The maximum atomic E-state index is 10.4. The van der Waals surface area contributed by atoms with E-state index in [1.54, 1.807) is 0 Å². The summed E-state index contributed by atoms with van der Waals surface area (Å²) in [6, 6.07) is -0.833. The molecule has 0 unspecified atom stereocenters. The average molecular weight is 258 g/mol. The highest BCUT2D eigenvalue weighted by atomic mass is 16.2. The summed E-state index contributed by atoms with van der Waals surface area (Å²) in [5, 5.41) is 5.49. The summed E-state index contributed by atoms with van der Waals surface area (Å²) in [5.74, 6) is 0.428. The first-order valence-corrected chi connectivity index (χ1v) is 6.10. The summed E-state index contributed by atoms with van der Waals surface area (Å²) < 4.78 is 0. The molecule has 6 N–H and O–H groups in total. The lowest BCUT2D eigenvalue weighted by molar-refractivity contribution is -0.123. The van der Waals surface area contributed by atoms with Gasteiger partial charge in [0, 0.05) is 25.9 Å². The third-order valence-electron chi connectivity index (χ3n) is 2.31. The maximum Gasteiger partial charge on any atom is 0.309 e. The van der Waals surface area contributed by atoms with Crippen LogP contribution >= 0.6 is 0 Å². The van der Waals surface area contributed by atoms with Crippen LogP contribution in [0, 0.1) is 0 Å². The fourth-order valence-electron chi connectivity index (χ4n) is 1.45. The number of carbonyl (C=O) groups excluding carboxylic acids is 3. The third kappa shape index (κ3) is 12.3. The minimum atomic E-state index is -0.833. The average Bonchev–Trinajstić information content (AvgIpc) is 2.31. The lowest BCUT2D eigenvalue weighted by Gasteiger charge is -2.08. The van der Waals surface area contributed by atoms with Gasteiger partial charge in [0.2, 0.25) is 11.8 Å². The summed E-state index contributed by atoms with van der Waals surface area (Å²) >= 11 is 0. The van der Waals surface area contributed by atoms with Gasteiger partial charge in [-0.1, -0.05) is 0 Å². The van der Waals surface area contributed by atoms with E-state index in [0.717, 1.165) is 51.6 Å². The van der Waals surface area contributed by atoms with Crippen LogP contribution in [0.3, 0.4) is 0 Å². The molecule has 7 nitrogen and oxygen atoms in total. The van der Waals surface area contributed by atoms with E-state index < -0.39 is 6.03 Å². The minimum Gasteiger partial charge on any atom is -0.356 e. The molecule has 0 aromatic rings. The minimum absolute atomic E-state index is 0.214. The van der Waals surface area contributed by atoms with Gasteiger partial charge in [-0.25, -0.2) is 4.79 Å². The maximum absolute atomic E-state index is 10.4. The van der Waals surface area contributed by atoms with Crippen LogP contribution in [0.4, 0.5) is 4.79 Å². The number of piperidine rings is 2. The summed E-state index contributed by atoms with van der Waals surface area (Å²) in [6.07, 6.45) is 5.94. The highest BCUT2D eigenvalue weighted by Crippen LogP contribution is 1.99. The Labute approximate surface area is 107 Å². The van der Waals surface area contributed by atoms with E-state index in [2.05, 4.69) is 22.1 Å². The number of urea groups is 1. The van der Waals surface area contributed by atoms with Crippen LogP contribution in [0.5, 0.6) is 0 Å². The molecule has 0 aliphatic carbocycles. The SMILES string of the molecule is NC(N)=O.O=C1CCCCN1.O=C1CCCCN1. The zero-order valence-corrected chi connectivity index (χ0v) is 10.5. The van der Waals surface area contributed by atoms with Gasteiger partial charge in [0.15, 0.2) is 0 Å². The van der Waals surface area contributed by atoms with Crippen molar-refractivity contribution >= 4 is 17.8 Å². The van der Waals surface area contributed by atoms with E-state index in [1.807, 2.05) is 0 Å². The Bertz CT molecular complexity index is 239. The van der Waals surface area contributed by atoms with E-state index in [1.165, 1.54) is 0 Å². The lowest BCUT2D eigenvalue weighted by atomic mass is 10.2. The number of rotatable bonds is 0. The predicted octanol–water partition coefficient (Wildman–Crippen LogP) is -0.403. The fraction of sp³-hybridized carbons (Fsp3) is 0.727. The molecule has 2 rings (SSSR count). The molecule has 2 aliphatic rings. The molecule has 2 fully saturated rings. The molecule has 104 valence electrons. The third-order valence-corrected chi connectivity index (χ3v) is 2.31. The Morgan fingerprint density at radius 3 is 1.28 bits per heavy atom. The van der Waals surface area contributed by atoms with Crippen molar-refractivity contribution < 1.29 is 14.4 Å². The predicted molar refractivity (Wildman–Crippen MR) is 67.5 cm³/mol. The second-order valence-corrected chi connectivity index (χ2v) is 4.02. The first-order valence-electron chi connectivity index (χ1n) is 6.10. The van der Waals surface area contributed by atoms with Crippen molar-refractivity contribution in [2.75, 3.05) is 13.1 Å². The molecule has 7 heteroatoms. The van der Waals surface area contributed by atoms with Gasteiger partial charge in [0.05, 0.1) is 0 Å². The van der Waals surface area contributed by atoms with Crippen LogP contribution in [0.15, 0.2) is 0 Å². The molecule has 2 heterocycles. The molecule has 4 amide bonds. The molecule has 2 saturated heterocycles. The molecule has 0 radical (unpaired) electrons. The summed E-state index contributed by atoms with van der Waals surface area (Å²) in [7, 11) is 0. The quantitative estimate of drug-likeness (QED) is 0.472. The van der Waals surface area contributed by atoms with Crippen LogP contribution < -0.4 is 22.1 Å². The molecule has 0 saturated carbocycles. The van der Waals surface area contributed by atoms with Crippen molar-refractivity contribution in [1.82, 2.24) is 10.6 Å². The zero-order valence-electron chi connectivity index (χ0n) is 10.5. The van der Waals surface area contributed by atoms with E-state index in [9.17, 15) is 9.59 Å². The standard InChI is InChI=1S/2C5H9NO.CH4N2O/c2*7-5-3-1-2-4-6-5;2-1(3)4/h2*1-4H2,(H,6,7);(H4,2,3,4). The number of carbonyl (C=O) groups is 3. The normalized spacial score (nSPS) is 18.0. The molecule has 0 bridgehead atoms. The van der Waals surface area contributed by atoms with Gasteiger partial charge in [-0.2, -0.15) is 0 Å². The Balaban J connectivity index is 0.000000253. The Kier molecular flexibility index (Phi) is 9.34. The molecule has 18 heavy (non-hydrogen) atoms. The van der Waals surface area contributed by atoms with Crippen molar-refractivity contribution in [3.8, 4) is 0 Å². The van der Waals surface area contributed by atoms with Crippen LogP contribution in [0.25, 0.3) is 0 Å². The fourth-order valence-corrected chi connectivity index (χ4v) is 1.45. The molecular weight excluding hydrogens is 236 g/mol. The Hall–Kier alpha value is -1.79. The van der Waals surface area contributed by atoms with Crippen molar-refractivity contribution in [2.24, 2.45) is 11.5 Å². The molecule has 0 aromatic carbocycles.